The second-order valence-electron chi connectivity index (χ2n) is 4.13. The van der Waals surface area contributed by atoms with E-state index in [1.165, 1.54) is 23.6 Å². The number of ketones is 1. The first-order valence-corrected chi connectivity index (χ1v) is 6.73. The van der Waals surface area contributed by atoms with Crippen LogP contribution in [0.15, 0.2) is 12.1 Å². The fraction of sp³-hybridized carbons (Fsp3) is 0.417. The highest BCUT2D eigenvalue weighted by Gasteiger charge is 2.29. The van der Waals surface area contributed by atoms with Crippen LogP contribution in [0.3, 0.4) is 0 Å². The molecule has 1 rings (SSSR count). The van der Waals surface area contributed by atoms with E-state index >= 15 is 0 Å². The van der Waals surface area contributed by atoms with E-state index in [0.29, 0.717) is 11.3 Å². The average Bonchev–Trinajstić information content (AvgIpc) is 2.83. The van der Waals surface area contributed by atoms with Crippen LogP contribution in [0.1, 0.15) is 21.5 Å². The molecule has 0 unspecified atom stereocenters. The lowest BCUT2D eigenvalue weighted by atomic mass is 10.3. The fourth-order valence-corrected chi connectivity index (χ4v) is 2.24. The standard InChI is InChI=1S/C12H13F3N2O3S/c1-7(18)9-3-2-8(21-9)4-5-16-10(19)11(20)17-6-12(13,14)15/h2-3H,4-6H2,1H3,(H,16,19)(H,17,20). The van der Waals surface area contributed by atoms with Crippen molar-refractivity contribution in [2.24, 2.45) is 0 Å². The van der Waals surface area contributed by atoms with Crippen molar-refractivity contribution in [3.63, 3.8) is 0 Å². The molecule has 0 atom stereocenters. The molecule has 9 heteroatoms. The molecule has 0 bridgehead atoms. The van der Waals surface area contributed by atoms with Gasteiger partial charge in [0.15, 0.2) is 5.78 Å². The van der Waals surface area contributed by atoms with E-state index in [2.05, 4.69) is 5.32 Å². The molecule has 0 aliphatic carbocycles. The summed E-state index contributed by atoms with van der Waals surface area (Å²) >= 11 is 1.26. The minimum absolute atomic E-state index is 0.0678. The van der Waals surface area contributed by atoms with Crippen LogP contribution in [0.4, 0.5) is 13.2 Å². The van der Waals surface area contributed by atoms with Crippen molar-refractivity contribution in [3.8, 4) is 0 Å². The van der Waals surface area contributed by atoms with Crippen LogP contribution < -0.4 is 10.6 Å². The van der Waals surface area contributed by atoms with E-state index in [9.17, 15) is 27.6 Å². The Hall–Kier alpha value is -1.90. The van der Waals surface area contributed by atoms with Gasteiger partial charge in [0.25, 0.3) is 0 Å². The Morgan fingerprint density at radius 2 is 1.76 bits per heavy atom. The first-order chi connectivity index (χ1) is 9.69. The Kier molecular flexibility index (Phi) is 5.89. The van der Waals surface area contributed by atoms with E-state index in [-0.39, 0.29) is 12.3 Å². The average molecular weight is 322 g/mol. The van der Waals surface area contributed by atoms with Crippen LogP contribution in [0, 0.1) is 0 Å². The number of halogens is 3. The summed E-state index contributed by atoms with van der Waals surface area (Å²) in [6.07, 6.45) is -4.17. The van der Waals surface area contributed by atoms with Gasteiger partial charge in [-0.2, -0.15) is 13.2 Å². The second-order valence-corrected chi connectivity index (χ2v) is 5.29. The zero-order valence-corrected chi connectivity index (χ0v) is 11.9. The minimum atomic E-state index is -4.56. The molecule has 1 heterocycles. The van der Waals surface area contributed by atoms with E-state index in [0.717, 1.165) is 4.88 Å². The number of carbonyl (C=O) groups is 3. The summed E-state index contributed by atoms with van der Waals surface area (Å²) in [6, 6.07) is 3.37. The predicted octanol–water partition coefficient (Wildman–Crippen LogP) is 1.29. The van der Waals surface area contributed by atoms with Crippen molar-refractivity contribution >= 4 is 28.9 Å². The highest BCUT2D eigenvalue weighted by Crippen LogP contribution is 2.17. The third-order valence-corrected chi connectivity index (χ3v) is 3.57. The highest BCUT2D eigenvalue weighted by molar-refractivity contribution is 7.14. The Labute approximate surface area is 122 Å². The smallest absolute Gasteiger partial charge is 0.347 e. The predicted molar refractivity (Wildman–Crippen MR) is 70.1 cm³/mol. The highest BCUT2D eigenvalue weighted by atomic mass is 32.1. The summed E-state index contributed by atoms with van der Waals surface area (Å²) < 4.78 is 35.5. The summed E-state index contributed by atoms with van der Waals surface area (Å²) in [7, 11) is 0. The maximum atomic E-state index is 11.8. The Morgan fingerprint density at radius 1 is 1.14 bits per heavy atom. The maximum Gasteiger partial charge on any atom is 0.405 e. The quantitative estimate of drug-likeness (QED) is 0.633. The van der Waals surface area contributed by atoms with Crippen LogP contribution in [-0.4, -0.2) is 36.9 Å². The monoisotopic (exact) mass is 322 g/mol. The Bertz CT molecular complexity index is 540. The van der Waals surface area contributed by atoms with Gasteiger partial charge in [0.1, 0.15) is 6.54 Å². The summed E-state index contributed by atoms with van der Waals surface area (Å²) in [5.41, 5.74) is 0. The second kappa shape index (κ2) is 7.21. The number of carbonyl (C=O) groups excluding carboxylic acids is 3. The SMILES string of the molecule is CC(=O)c1ccc(CCNC(=O)C(=O)NCC(F)(F)F)s1. The number of alkyl halides is 3. The summed E-state index contributed by atoms with van der Waals surface area (Å²) in [4.78, 5) is 34.8. The minimum Gasteiger partial charge on any atom is -0.347 e. The van der Waals surface area contributed by atoms with Gasteiger partial charge < -0.3 is 10.6 Å². The van der Waals surface area contributed by atoms with Crippen LogP contribution in [0.2, 0.25) is 0 Å². The normalized spacial score (nSPS) is 11.0. The molecule has 1 aromatic heterocycles. The summed E-state index contributed by atoms with van der Waals surface area (Å²) in [5, 5.41) is 3.68. The van der Waals surface area contributed by atoms with Gasteiger partial charge in [-0.25, -0.2) is 0 Å². The lowest BCUT2D eigenvalue weighted by Crippen LogP contribution is -2.43. The number of hydrogen-bond donors (Lipinski definition) is 2. The van der Waals surface area contributed by atoms with E-state index in [4.69, 9.17) is 0 Å². The number of Topliss-reactive ketones (excluding diaryl/α,β-unsaturated/α-hetero) is 1. The number of amides is 2. The molecule has 0 radical (unpaired) electrons. The molecule has 0 aliphatic heterocycles. The molecule has 2 N–H and O–H groups in total. The van der Waals surface area contributed by atoms with Crippen LogP contribution in [0.5, 0.6) is 0 Å². The lowest BCUT2D eigenvalue weighted by molar-refractivity contribution is -0.146. The van der Waals surface area contributed by atoms with Crippen molar-refractivity contribution in [3.05, 3.63) is 21.9 Å². The maximum absolute atomic E-state index is 11.8. The van der Waals surface area contributed by atoms with Crippen molar-refractivity contribution in [2.75, 3.05) is 13.1 Å². The van der Waals surface area contributed by atoms with E-state index in [1.54, 1.807) is 12.1 Å². The topological polar surface area (TPSA) is 75.3 Å². The van der Waals surface area contributed by atoms with E-state index < -0.39 is 24.5 Å². The van der Waals surface area contributed by atoms with Gasteiger partial charge in [0.2, 0.25) is 0 Å². The molecule has 0 spiro atoms. The van der Waals surface area contributed by atoms with Crippen molar-refractivity contribution in [1.82, 2.24) is 10.6 Å². The summed E-state index contributed by atoms with van der Waals surface area (Å²) in [6.45, 7) is -0.0232. The molecular formula is C12H13F3N2O3S. The first kappa shape index (κ1) is 17.2. The van der Waals surface area contributed by atoms with Crippen LogP contribution in [0.25, 0.3) is 0 Å². The molecular weight excluding hydrogens is 309 g/mol. The summed E-state index contributed by atoms with van der Waals surface area (Å²) in [5.74, 6) is -2.52. The Morgan fingerprint density at radius 3 is 2.29 bits per heavy atom. The Balaban J connectivity index is 2.32. The number of nitrogens with one attached hydrogen (secondary N) is 2. The third kappa shape index (κ3) is 6.39. The van der Waals surface area contributed by atoms with Gasteiger partial charge in [-0.05, 0) is 25.5 Å². The molecule has 0 aliphatic rings. The van der Waals surface area contributed by atoms with Gasteiger partial charge in [0, 0.05) is 11.4 Å². The molecule has 5 nitrogen and oxygen atoms in total. The molecule has 2 amide bonds. The van der Waals surface area contributed by atoms with Crippen molar-refractivity contribution < 1.29 is 27.6 Å². The van der Waals surface area contributed by atoms with Gasteiger partial charge in [0.05, 0.1) is 4.88 Å². The number of hydrogen-bond acceptors (Lipinski definition) is 4. The number of thiophene rings is 1. The molecule has 0 saturated carbocycles. The molecule has 1 aromatic rings. The van der Waals surface area contributed by atoms with Crippen molar-refractivity contribution in [1.29, 1.82) is 0 Å². The molecule has 116 valence electrons. The molecule has 0 fully saturated rings. The third-order valence-electron chi connectivity index (χ3n) is 2.32. The van der Waals surface area contributed by atoms with Crippen LogP contribution >= 0.6 is 11.3 Å². The molecule has 0 aromatic carbocycles. The lowest BCUT2D eigenvalue weighted by Gasteiger charge is -2.08. The number of rotatable bonds is 5. The van der Waals surface area contributed by atoms with Gasteiger partial charge in [-0.1, -0.05) is 0 Å². The van der Waals surface area contributed by atoms with Gasteiger partial charge in [-0.15, -0.1) is 11.3 Å². The molecule has 21 heavy (non-hydrogen) atoms. The largest absolute Gasteiger partial charge is 0.405 e. The first-order valence-electron chi connectivity index (χ1n) is 5.91. The zero-order valence-electron chi connectivity index (χ0n) is 11.0. The fourth-order valence-electron chi connectivity index (χ4n) is 1.34. The van der Waals surface area contributed by atoms with Gasteiger partial charge in [-0.3, -0.25) is 14.4 Å². The molecule has 0 saturated heterocycles. The van der Waals surface area contributed by atoms with E-state index in [1.807, 2.05) is 0 Å². The van der Waals surface area contributed by atoms with Crippen LogP contribution in [-0.2, 0) is 16.0 Å². The van der Waals surface area contributed by atoms with Gasteiger partial charge >= 0.3 is 18.0 Å². The van der Waals surface area contributed by atoms with Crippen molar-refractivity contribution in [2.45, 2.75) is 19.5 Å². The zero-order chi connectivity index (χ0) is 16.0.